The summed E-state index contributed by atoms with van der Waals surface area (Å²) < 4.78 is 0. The Hall–Kier alpha value is -0.0969. The summed E-state index contributed by atoms with van der Waals surface area (Å²) in [6, 6.07) is 13.8. The summed E-state index contributed by atoms with van der Waals surface area (Å²) in [5.74, 6) is 7.96. The molecular formula is C48H76Cl2Zr. The van der Waals surface area contributed by atoms with Gasteiger partial charge in [-0.25, -0.2) is 0 Å². The van der Waals surface area contributed by atoms with E-state index in [1.54, 1.807) is 56.1 Å². The first-order valence-electron chi connectivity index (χ1n) is 20.3. The van der Waals surface area contributed by atoms with Gasteiger partial charge in [0.2, 0.25) is 0 Å². The number of benzene rings is 2. The minimum atomic E-state index is -0.826. The summed E-state index contributed by atoms with van der Waals surface area (Å²) in [7, 11) is 9.87. The molecule has 0 spiro atoms. The van der Waals surface area contributed by atoms with Gasteiger partial charge in [0.05, 0.1) is 0 Å². The number of halogens is 2. The van der Waals surface area contributed by atoms with E-state index in [4.69, 9.17) is 17.0 Å². The Labute approximate surface area is 336 Å². The van der Waals surface area contributed by atoms with Crippen LogP contribution >= 0.6 is 17.0 Å². The summed E-state index contributed by atoms with van der Waals surface area (Å²) >= 11 is -0.826. The van der Waals surface area contributed by atoms with E-state index >= 15 is 0 Å². The van der Waals surface area contributed by atoms with Crippen LogP contribution in [0.25, 0.3) is 11.1 Å². The number of hydrogen-bond donors (Lipinski definition) is 0. The minimum absolute atomic E-state index is 0. The molecule has 51 heavy (non-hydrogen) atoms. The molecule has 6 unspecified atom stereocenters. The molecule has 5 fully saturated rings. The van der Waals surface area contributed by atoms with Crippen LogP contribution in [0.1, 0.15) is 167 Å². The van der Waals surface area contributed by atoms with E-state index in [-0.39, 0.29) is 22.3 Å². The van der Waals surface area contributed by atoms with Crippen LogP contribution in [0.3, 0.4) is 0 Å². The second-order valence-electron chi connectivity index (χ2n) is 18.9. The quantitative estimate of drug-likeness (QED) is 0.231. The molecule has 5 saturated carbocycles. The molecule has 2 aromatic carbocycles. The summed E-state index contributed by atoms with van der Waals surface area (Å²) in [6.07, 6.45) is 28.2. The molecule has 0 aromatic heterocycles. The maximum absolute atomic E-state index is 4.93. The van der Waals surface area contributed by atoms with E-state index in [1.165, 1.54) is 92.9 Å². The molecule has 0 saturated heterocycles. The molecule has 2 aromatic rings. The molecule has 0 heterocycles. The third-order valence-corrected chi connectivity index (χ3v) is 14.1. The van der Waals surface area contributed by atoms with Gasteiger partial charge in [0.25, 0.3) is 0 Å². The van der Waals surface area contributed by atoms with Gasteiger partial charge in [-0.2, -0.15) is 0 Å². The van der Waals surface area contributed by atoms with E-state index in [0.29, 0.717) is 10.8 Å². The molecule has 0 aliphatic heterocycles. The summed E-state index contributed by atoms with van der Waals surface area (Å²) in [6.45, 7) is 12.1. The average Bonchev–Trinajstić information content (AvgIpc) is 3.86. The number of fused-ring (bicyclic) bond motifs is 8. The summed E-state index contributed by atoms with van der Waals surface area (Å²) in [5.41, 5.74) is 10.3. The van der Waals surface area contributed by atoms with Crippen molar-refractivity contribution in [3.05, 3.63) is 73.5 Å². The van der Waals surface area contributed by atoms with Crippen LogP contribution in [0.5, 0.6) is 0 Å². The first kappa shape index (κ1) is 45.3. The second kappa shape index (κ2) is 20.2. The molecule has 3 heteroatoms. The van der Waals surface area contributed by atoms with E-state index in [2.05, 4.69) is 71.0 Å². The van der Waals surface area contributed by atoms with Crippen LogP contribution < -0.4 is 0 Å². The van der Waals surface area contributed by atoms with Crippen LogP contribution in [0.2, 0.25) is 0 Å². The fourth-order valence-electron chi connectivity index (χ4n) is 12.3. The van der Waals surface area contributed by atoms with Crippen LogP contribution in [-0.2, 0) is 40.1 Å². The molecule has 0 nitrogen and oxygen atoms in total. The fourth-order valence-corrected chi connectivity index (χ4v) is 12.3. The predicted molar refractivity (Wildman–Crippen MR) is 225 cm³/mol. The van der Waals surface area contributed by atoms with Crippen molar-refractivity contribution >= 4 is 17.0 Å². The van der Waals surface area contributed by atoms with Gasteiger partial charge in [-0.15, -0.1) is 0 Å². The molecule has 6 atom stereocenters. The zero-order valence-corrected chi connectivity index (χ0v) is 37.2. The van der Waals surface area contributed by atoms with Crippen LogP contribution in [0.4, 0.5) is 0 Å². The molecule has 0 radical (unpaired) electrons. The standard InChI is InChI=1S/C18H30.C18H18.C9H18.CH4.2CH3.2ClH.Zr/c2*1-18(2)10-14-8-13-7-12-5-3-4-6-16(12)17(13)9-15(14)11-18;1-2-3-6-9-7-4-5-8-9;;;;;;/h12-17H,3-11H2,1-2H3;3-6,8-9H,7,10-11H2,1-2H3;9H,2-8H2,1H3;1H4;2*1H3;2*1H;/q;;;;2*-1;;;+4/p-2. The Bertz CT molecular complexity index is 1340. The Kier molecular flexibility index (Phi) is 17.9. The van der Waals surface area contributed by atoms with Crippen LogP contribution in [0.15, 0.2) is 36.4 Å². The molecular weight excluding hydrogens is 739 g/mol. The molecule has 286 valence electrons. The third-order valence-electron chi connectivity index (χ3n) is 14.1. The van der Waals surface area contributed by atoms with Crippen LogP contribution in [-0.4, -0.2) is 0 Å². The van der Waals surface area contributed by atoms with Crippen molar-refractivity contribution in [2.75, 3.05) is 0 Å². The van der Waals surface area contributed by atoms with Crippen molar-refractivity contribution in [3.8, 4) is 11.1 Å². The van der Waals surface area contributed by atoms with E-state index in [1.807, 2.05) is 0 Å². The van der Waals surface area contributed by atoms with Gasteiger partial charge in [-0.3, -0.25) is 0 Å². The molecule has 7 aliphatic carbocycles. The predicted octanol–water partition coefficient (Wildman–Crippen LogP) is 15.9. The third kappa shape index (κ3) is 11.2. The Morgan fingerprint density at radius 1 is 0.647 bits per heavy atom. The maximum atomic E-state index is 4.93. The fraction of sp³-hybridized carbons (Fsp3) is 0.708. The first-order valence-corrected chi connectivity index (χ1v) is 26.6. The van der Waals surface area contributed by atoms with Gasteiger partial charge >= 0.3 is 37.9 Å². The van der Waals surface area contributed by atoms with Crippen molar-refractivity contribution in [2.45, 2.75) is 164 Å². The topological polar surface area (TPSA) is 0 Å². The van der Waals surface area contributed by atoms with Crippen molar-refractivity contribution < 1.29 is 20.8 Å². The number of rotatable bonds is 3. The zero-order chi connectivity index (χ0) is 33.9. The van der Waals surface area contributed by atoms with Crippen molar-refractivity contribution in [1.82, 2.24) is 0 Å². The Morgan fingerprint density at radius 2 is 1.24 bits per heavy atom. The van der Waals surface area contributed by atoms with Gasteiger partial charge in [0, 0.05) is 0 Å². The van der Waals surface area contributed by atoms with Gasteiger partial charge in [0.15, 0.2) is 0 Å². The number of unbranched alkanes of at least 4 members (excludes halogenated alkanes) is 1. The van der Waals surface area contributed by atoms with Crippen molar-refractivity contribution in [3.63, 3.8) is 0 Å². The van der Waals surface area contributed by atoms with Crippen LogP contribution in [0, 0.1) is 67.1 Å². The van der Waals surface area contributed by atoms with Gasteiger partial charge in [-0.1, -0.05) is 143 Å². The average molecular weight is 815 g/mol. The first-order chi connectivity index (χ1) is 23.1. The summed E-state index contributed by atoms with van der Waals surface area (Å²) in [4.78, 5) is 0. The van der Waals surface area contributed by atoms with Gasteiger partial charge in [0.1, 0.15) is 0 Å². The molecule has 9 rings (SSSR count). The van der Waals surface area contributed by atoms with Gasteiger partial charge in [-0.05, 0) is 143 Å². The Morgan fingerprint density at radius 3 is 1.92 bits per heavy atom. The SMILES string of the molecule is C.CC1(C)CC2CC3CC4CCCCC4C3CC2C1.CC1(C)Cc2cc3c(cc2C1)-c1ccccc1C3.CCCCC1CCCC1.[CH3-].[CH3-].[Cl][Zr+2][Cl]. The summed E-state index contributed by atoms with van der Waals surface area (Å²) in [5, 5.41) is 0. The van der Waals surface area contributed by atoms with Gasteiger partial charge < -0.3 is 14.9 Å². The van der Waals surface area contributed by atoms with E-state index < -0.39 is 20.8 Å². The van der Waals surface area contributed by atoms with E-state index in [0.717, 1.165) is 47.8 Å². The molecule has 0 N–H and O–H groups in total. The normalized spacial score (nSPS) is 29.3. The van der Waals surface area contributed by atoms with Crippen molar-refractivity contribution in [1.29, 1.82) is 0 Å². The van der Waals surface area contributed by atoms with Crippen molar-refractivity contribution in [2.24, 2.45) is 52.3 Å². The molecule has 0 amide bonds. The van der Waals surface area contributed by atoms with E-state index in [9.17, 15) is 0 Å². The monoisotopic (exact) mass is 812 g/mol. The molecule has 7 aliphatic rings. The second-order valence-corrected chi connectivity index (χ2v) is 22.7. The molecule has 0 bridgehead atoms. The zero-order valence-electron chi connectivity index (χ0n) is 33.2. The Balaban J connectivity index is 0.000000203. The number of hydrogen-bond acceptors (Lipinski definition) is 0.